The number of carbonyl (C=O) groups is 1. The van der Waals surface area contributed by atoms with Gasteiger partial charge in [-0.1, -0.05) is 168 Å². The van der Waals surface area contributed by atoms with E-state index in [9.17, 15) is 19.4 Å². The lowest BCUT2D eigenvalue weighted by Crippen LogP contribution is -2.46. The van der Waals surface area contributed by atoms with E-state index in [2.05, 4.69) is 19.2 Å². The predicted octanol–water partition coefficient (Wildman–Crippen LogP) is 9.61. The van der Waals surface area contributed by atoms with Gasteiger partial charge in [-0.25, -0.2) is 0 Å². The van der Waals surface area contributed by atoms with Crippen molar-refractivity contribution in [2.75, 3.05) is 40.9 Å². The molecule has 0 aromatic rings. The number of aliphatic hydroxyl groups is 1. The number of nitrogens with one attached hydrogen (secondary N) is 1. The number of phosphoric ester groups is 1. The lowest BCUT2D eigenvalue weighted by Gasteiger charge is -2.30. The quantitative estimate of drug-likeness (QED) is 0.0385. The molecule has 3 atom stereocenters. The van der Waals surface area contributed by atoms with Crippen molar-refractivity contribution in [1.82, 2.24) is 5.32 Å². The second-order valence-electron chi connectivity index (χ2n) is 15.0. The third-order valence-electron chi connectivity index (χ3n) is 9.10. The van der Waals surface area contributed by atoms with E-state index < -0.39 is 20.0 Å². The van der Waals surface area contributed by atoms with E-state index in [1.165, 1.54) is 122 Å². The summed E-state index contributed by atoms with van der Waals surface area (Å²) in [5.41, 5.74) is 0. The molecule has 1 amide bonds. The molecule has 0 fully saturated rings. The van der Waals surface area contributed by atoms with Crippen molar-refractivity contribution in [1.29, 1.82) is 0 Å². The number of amides is 1. The average molecular weight is 691 g/mol. The summed E-state index contributed by atoms with van der Waals surface area (Å²) in [6.45, 7) is 4.71. The summed E-state index contributed by atoms with van der Waals surface area (Å²) in [5, 5.41) is 13.8. The Morgan fingerprint density at radius 3 is 1.45 bits per heavy atom. The predicted molar refractivity (Wildman–Crippen MR) is 196 cm³/mol. The fourth-order valence-electron chi connectivity index (χ4n) is 5.86. The monoisotopic (exact) mass is 691 g/mol. The average Bonchev–Trinajstić information content (AvgIpc) is 3.01. The van der Waals surface area contributed by atoms with Crippen LogP contribution in [0.4, 0.5) is 0 Å². The Balaban J connectivity index is 4.42. The van der Waals surface area contributed by atoms with E-state index >= 15 is 0 Å². The van der Waals surface area contributed by atoms with Crippen LogP contribution in [0, 0.1) is 0 Å². The van der Waals surface area contributed by atoms with E-state index in [0.717, 1.165) is 38.5 Å². The van der Waals surface area contributed by atoms with Crippen molar-refractivity contribution in [2.24, 2.45) is 0 Å². The van der Waals surface area contributed by atoms with Crippen LogP contribution in [0.15, 0.2) is 0 Å². The lowest BCUT2D eigenvalue weighted by molar-refractivity contribution is -0.870. The highest BCUT2D eigenvalue weighted by Crippen LogP contribution is 2.38. The van der Waals surface area contributed by atoms with Crippen LogP contribution in [0.1, 0.15) is 187 Å². The summed E-state index contributed by atoms with van der Waals surface area (Å²) < 4.78 is 23.2. The van der Waals surface area contributed by atoms with Gasteiger partial charge in [0.05, 0.1) is 39.9 Å². The molecule has 0 aromatic carbocycles. The standard InChI is InChI=1S/C38H79N2O6P/c1-6-8-10-12-14-16-18-19-20-22-23-25-27-29-31-37(41)36(35-46-47(43,44)45-34-33-40(3,4)5)39-38(42)32-30-28-26-24-21-17-15-13-11-9-7-2/h36-37,41H,6-35H2,1-5H3,(H-,39,42,43,44)/t36-,37+/m0/s1. The SMILES string of the molecule is CCCCCCCCCCCCCCCC[C@@H](O)[C@H](COP(=O)([O-])OCC[N+](C)(C)C)NC(=O)CCCCCCCCCCCCC. The number of quaternary nitrogens is 1. The zero-order chi connectivity index (χ0) is 35.1. The number of carbonyl (C=O) groups excluding carboxylic acids is 1. The summed E-state index contributed by atoms with van der Waals surface area (Å²) in [6.07, 6.45) is 30.9. The molecule has 0 bridgehead atoms. The second kappa shape index (κ2) is 31.5. The van der Waals surface area contributed by atoms with Crippen molar-refractivity contribution >= 4 is 13.7 Å². The van der Waals surface area contributed by atoms with Crippen LogP contribution in [-0.2, 0) is 18.4 Å². The number of unbranched alkanes of at least 4 members (excludes halogenated alkanes) is 23. The molecule has 0 heterocycles. The molecule has 0 radical (unpaired) electrons. The Morgan fingerprint density at radius 1 is 0.660 bits per heavy atom. The summed E-state index contributed by atoms with van der Waals surface area (Å²) in [7, 11) is 1.31. The Morgan fingerprint density at radius 2 is 1.04 bits per heavy atom. The topological polar surface area (TPSA) is 108 Å². The summed E-state index contributed by atoms with van der Waals surface area (Å²) in [5.74, 6) is -0.166. The van der Waals surface area contributed by atoms with Gasteiger partial charge in [-0.15, -0.1) is 0 Å². The van der Waals surface area contributed by atoms with Crippen LogP contribution < -0.4 is 10.2 Å². The minimum atomic E-state index is -4.55. The maximum atomic E-state index is 12.8. The van der Waals surface area contributed by atoms with Crippen LogP contribution in [0.2, 0.25) is 0 Å². The van der Waals surface area contributed by atoms with Crippen molar-refractivity contribution in [3.05, 3.63) is 0 Å². The van der Waals surface area contributed by atoms with Gasteiger partial charge >= 0.3 is 0 Å². The molecule has 0 aliphatic carbocycles. The molecule has 0 aliphatic rings. The summed E-state index contributed by atoms with van der Waals surface area (Å²) in [4.78, 5) is 25.2. The number of likely N-dealkylation sites (N-methyl/N-ethyl adjacent to an activating group) is 1. The highest BCUT2D eigenvalue weighted by Gasteiger charge is 2.24. The molecule has 9 heteroatoms. The van der Waals surface area contributed by atoms with E-state index in [4.69, 9.17) is 9.05 Å². The lowest BCUT2D eigenvalue weighted by atomic mass is 10.0. The second-order valence-corrected chi connectivity index (χ2v) is 16.4. The van der Waals surface area contributed by atoms with Crippen LogP contribution in [-0.4, -0.2) is 68.5 Å². The molecular weight excluding hydrogens is 611 g/mol. The number of aliphatic hydroxyl groups excluding tert-OH is 1. The van der Waals surface area contributed by atoms with E-state index in [1.807, 2.05) is 21.1 Å². The van der Waals surface area contributed by atoms with Crippen molar-refractivity contribution in [2.45, 2.75) is 199 Å². The third-order valence-corrected chi connectivity index (χ3v) is 10.1. The first-order chi connectivity index (χ1) is 22.5. The van der Waals surface area contributed by atoms with Crippen LogP contribution >= 0.6 is 7.82 Å². The zero-order valence-electron chi connectivity index (χ0n) is 31.8. The van der Waals surface area contributed by atoms with Gasteiger partial charge in [-0.2, -0.15) is 0 Å². The molecule has 2 N–H and O–H groups in total. The third kappa shape index (κ3) is 33.8. The molecule has 0 saturated carbocycles. The smallest absolute Gasteiger partial charge is 0.268 e. The molecule has 0 rings (SSSR count). The van der Waals surface area contributed by atoms with Gasteiger partial charge in [0.1, 0.15) is 13.2 Å². The maximum Gasteiger partial charge on any atom is 0.268 e. The van der Waals surface area contributed by atoms with Crippen molar-refractivity contribution in [3.63, 3.8) is 0 Å². The molecule has 8 nitrogen and oxygen atoms in total. The highest BCUT2D eigenvalue weighted by molar-refractivity contribution is 7.45. The van der Waals surface area contributed by atoms with E-state index in [0.29, 0.717) is 23.9 Å². The molecule has 0 saturated heterocycles. The van der Waals surface area contributed by atoms with Gasteiger partial charge in [0.25, 0.3) is 7.82 Å². The Bertz CT molecular complexity index is 748. The fraction of sp³-hybridized carbons (Fsp3) is 0.974. The van der Waals surface area contributed by atoms with E-state index in [1.54, 1.807) is 0 Å². The van der Waals surface area contributed by atoms with Gasteiger partial charge in [0.2, 0.25) is 5.91 Å². The van der Waals surface area contributed by atoms with Crippen molar-refractivity contribution < 1.29 is 32.9 Å². The Labute approximate surface area is 291 Å². The molecule has 47 heavy (non-hydrogen) atoms. The molecule has 0 spiro atoms. The first-order valence-corrected chi connectivity index (χ1v) is 21.3. The molecule has 282 valence electrons. The molecule has 1 unspecified atom stereocenters. The van der Waals surface area contributed by atoms with Gasteiger partial charge in [-0.3, -0.25) is 9.36 Å². The largest absolute Gasteiger partial charge is 0.756 e. The van der Waals surface area contributed by atoms with Crippen LogP contribution in [0.3, 0.4) is 0 Å². The van der Waals surface area contributed by atoms with E-state index in [-0.39, 0.29) is 19.1 Å². The summed E-state index contributed by atoms with van der Waals surface area (Å²) in [6, 6.07) is -0.790. The number of nitrogens with zero attached hydrogens (tertiary/aromatic N) is 1. The molecular formula is C38H79N2O6P. The first-order valence-electron chi connectivity index (χ1n) is 19.9. The van der Waals surface area contributed by atoms with Gasteiger partial charge in [0.15, 0.2) is 0 Å². The van der Waals surface area contributed by atoms with Crippen LogP contribution in [0.5, 0.6) is 0 Å². The van der Waals surface area contributed by atoms with Gasteiger partial charge in [-0.05, 0) is 12.8 Å². The minimum Gasteiger partial charge on any atom is -0.756 e. The zero-order valence-corrected chi connectivity index (χ0v) is 32.6. The van der Waals surface area contributed by atoms with Gasteiger partial charge < -0.3 is 28.8 Å². The molecule has 0 aliphatic heterocycles. The number of hydrogen-bond donors (Lipinski definition) is 2. The Kier molecular flexibility index (Phi) is 31.1. The van der Waals surface area contributed by atoms with Crippen LogP contribution in [0.25, 0.3) is 0 Å². The maximum absolute atomic E-state index is 12.8. The number of phosphoric acid groups is 1. The number of hydrogen-bond acceptors (Lipinski definition) is 6. The molecule has 0 aromatic heterocycles. The first kappa shape index (κ1) is 46.5. The minimum absolute atomic E-state index is 0.0156. The summed E-state index contributed by atoms with van der Waals surface area (Å²) >= 11 is 0. The normalized spacial score (nSPS) is 14.6. The fourth-order valence-corrected chi connectivity index (χ4v) is 6.59. The highest BCUT2D eigenvalue weighted by atomic mass is 31.2. The van der Waals surface area contributed by atoms with Crippen molar-refractivity contribution in [3.8, 4) is 0 Å². The Hall–Kier alpha value is -0.500. The number of rotatable bonds is 36. The van der Waals surface area contributed by atoms with Gasteiger partial charge in [0, 0.05) is 6.42 Å².